The third kappa shape index (κ3) is 2.06. The van der Waals surface area contributed by atoms with Gasteiger partial charge in [-0.25, -0.2) is 4.39 Å². The molecule has 0 aromatic rings. The summed E-state index contributed by atoms with van der Waals surface area (Å²) in [5.41, 5.74) is 1.28. The van der Waals surface area contributed by atoms with Gasteiger partial charge >= 0.3 is 0 Å². The van der Waals surface area contributed by atoms with Crippen LogP contribution in [0.15, 0.2) is 12.2 Å². The molecule has 1 heterocycles. The molecular weight excluding hydrogens is 193 g/mol. The fourth-order valence-corrected chi connectivity index (χ4v) is 2.83. The van der Waals surface area contributed by atoms with Crippen LogP contribution in [0.1, 0.15) is 25.7 Å². The van der Waals surface area contributed by atoms with Crippen molar-refractivity contribution >= 4 is 5.91 Å². The van der Waals surface area contributed by atoms with Crippen LogP contribution < -0.4 is 0 Å². The van der Waals surface area contributed by atoms with Crippen LogP contribution in [0.2, 0.25) is 0 Å². The largest absolute Gasteiger partial charge is 0.340 e. The number of nitrogens with zero attached hydrogens (tertiary/aromatic N) is 1. The Morgan fingerprint density at radius 3 is 3.00 bits per heavy atom. The van der Waals surface area contributed by atoms with Gasteiger partial charge in [0.05, 0.1) is 0 Å². The SMILES string of the molecule is C=C1CCC2C(=O)N(CCF)CCC2C1. The predicted octanol–water partition coefficient (Wildman–Crippen LogP) is 2.16. The van der Waals surface area contributed by atoms with Crippen molar-refractivity contribution in [2.75, 3.05) is 19.8 Å². The van der Waals surface area contributed by atoms with Crippen molar-refractivity contribution in [3.05, 3.63) is 12.2 Å². The molecule has 0 aromatic heterocycles. The Kier molecular flexibility index (Phi) is 3.08. The van der Waals surface area contributed by atoms with Gasteiger partial charge < -0.3 is 4.90 Å². The number of hydrogen-bond donors (Lipinski definition) is 0. The molecule has 0 spiro atoms. The second-order valence-electron chi connectivity index (χ2n) is 4.66. The fourth-order valence-electron chi connectivity index (χ4n) is 2.83. The smallest absolute Gasteiger partial charge is 0.226 e. The van der Waals surface area contributed by atoms with Gasteiger partial charge in [0.15, 0.2) is 0 Å². The van der Waals surface area contributed by atoms with E-state index in [1.165, 1.54) is 5.57 Å². The molecule has 2 aliphatic rings. The first-order valence-corrected chi connectivity index (χ1v) is 5.73. The predicted molar refractivity (Wildman–Crippen MR) is 57.1 cm³/mol. The third-order valence-corrected chi connectivity index (χ3v) is 3.68. The van der Waals surface area contributed by atoms with E-state index < -0.39 is 6.67 Å². The van der Waals surface area contributed by atoms with Crippen LogP contribution in [0.25, 0.3) is 0 Å². The Hall–Kier alpha value is -0.860. The van der Waals surface area contributed by atoms with Gasteiger partial charge in [-0.2, -0.15) is 0 Å². The molecule has 0 aromatic carbocycles. The summed E-state index contributed by atoms with van der Waals surface area (Å²) < 4.78 is 12.2. The number of carbonyl (C=O) groups is 1. The molecule has 1 saturated heterocycles. The molecule has 0 radical (unpaired) electrons. The van der Waals surface area contributed by atoms with E-state index in [1.807, 2.05) is 0 Å². The summed E-state index contributed by atoms with van der Waals surface area (Å²) >= 11 is 0. The lowest BCUT2D eigenvalue weighted by molar-refractivity contribution is -0.142. The summed E-state index contributed by atoms with van der Waals surface area (Å²) in [7, 11) is 0. The van der Waals surface area contributed by atoms with Crippen LogP contribution in [0.3, 0.4) is 0 Å². The maximum Gasteiger partial charge on any atom is 0.226 e. The second-order valence-corrected chi connectivity index (χ2v) is 4.66. The normalized spacial score (nSPS) is 31.7. The number of alkyl halides is 1. The van der Waals surface area contributed by atoms with Crippen LogP contribution in [0.5, 0.6) is 0 Å². The van der Waals surface area contributed by atoms with E-state index in [0.29, 0.717) is 5.92 Å². The molecule has 0 N–H and O–H groups in total. The highest BCUT2D eigenvalue weighted by molar-refractivity contribution is 5.80. The second kappa shape index (κ2) is 4.33. The van der Waals surface area contributed by atoms with Crippen molar-refractivity contribution in [3.8, 4) is 0 Å². The van der Waals surface area contributed by atoms with Crippen molar-refractivity contribution in [1.29, 1.82) is 0 Å². The molecule has 2 atom stereocenters. The van der Waals surface area contributed by atoms with E-state index in [0.717, 1.165) is 32.2 Å². The standard InChI is InChI=1S/C12H18FNO/c1-9-2-3-11-10(8-9)4-6-14(7-5-13)12(11)15/h10-11H,1-8H2. The minimum absolute atomic E-state index is 0.149. The van der Waals surface area contributed by atoms with Crippen molar-refractivity contribution in [2.24, 2.45) is 11.8 Å². The van der Waals surface area contributed by atoms with Crippen molar-refractivity contribution in [2.45, 2.75) is 25.7 Å². The summed E-state index contributed by atoms with van der Waals surface area (Å²) in [6.45, 7) is 4.59. The number of allylic oxidation sites excluding steroid dienone is 1. The van der Waals surface area contributed by atoms with Gasteiger partial charge in [-0.3, -0.25) is 4.79 Å². The lowest BCUT2D eigenvalue weighted by Crippen LogP contribution is -2.47. The lowest BCUT2D eigenvalue weighted by atomic mass is 9.73. The van der Waals surface area contributed by atoms with E-state index in [1.54, 1.807) is 4.90 Å². The van der Waals surface area contributed by atoms with Crippen molar-refractivity contribution in [3.63, 3.8) is 0 Å². The van der Waals surface area contributed by atoms with Gasteiger partial charge in [0.1, 0.15) is 6.67 Å². The number of fused-ring (bicyclic) bond motifs is 1. The Bertz CT molecular complexity index is 277. The maximum atomic E-state index is 12.2. The first-order chi connectivity index (χ1) is 7.22. The molecule has 1 amide bonds. The molecule has 0 bridgehead atoms. The highest BCUT2D eigenvalue weighted by Gasteiger charge is 2.38. The van der Waals surface area contributed by atoms with Gasteiger partial charge in [-0.15, -0.1) is 0 Å². The highest BCUT2D eigenvalue weighted by atomic mass is 19.1. The lowest BCUT2D eigenvalue weighted by Gasteiger charge is -2.40. The summed E-state index contributed by atoms with van der Waals surface area (Å²) in [6.07, 6.45) is 3.91. The Morgan fingerprint density at radius 2 is 2.27 bits per heavy atom. The molecular formula is C12H18FNO. The number of amides is 1. The number of piperidine rings is 1. The third-order valence-electron chi connectivity index (χ3n) is 3.68. The average molecular weight is 211 g/mol. The molecule has 15 heavy (non-hydrogen) atoms. The fraction of sp³-hybridized carbons (Fsp3) is 0.750. The average Bonchev–Trinajstić information content (AvgIpc) is 2.22. The molecule has 2 rings (SSSR count). The molecule has 2 nitrogen and oxygen atoms in total. The first kappa shape index (κ1) is 10.7. The van der Waals surface area contributed by atoms with E-state index in [2.05, 4.69) is 6.58 Å². The van der Waals surface area contributed by atoms with Crippen molar-refractivity contribution < 1.29 is 9.18 Å². The van der Waals surface area contributed by atoms with Gasteiger partial charge in [-0.05, 0) is 31.6 Å². The number of likely N-dealkylation sites (tertiary alicyclic amines) is 1. The molecule has 2 unspecified atom stereocenters. The quantitative estimate of drug-likeness (QED) is 0.641. The summed E-state index contributed by atoms with van der Waals surface area (Å²) in [5.74, 6) is 0.807. The van der Waals surface area contributed by atoms with Crippen molar-refractivity contribution in [1.82, 2.24) is 4.90 Å². The minimum atomic E-state index is -0.421. The molecule has 1 aliphatic heterocycles. The topological polar surface area (TPSA) is 20.3 Å². The van der Waals surface area contributed by atoms with Gasteiger partial charge in [0.25, 0.3) is 0 Å². The Balaban J connectivity index is 2.02. The Labute approximate surface area is 90.1 Å². The Morgan fingerprint density at radius 1 is 1.47 bits per heavy atom. The van der Waals surface area contributed by atoms with E-state index in [-0.39, 0.29) is 18.4 Å². The molecule has 84 valence electrons. The van der Waals surface area contributed by atoms with Crippen LogP contribution >= 0.6 is 0 Å². The highest BCUT2D eigenvalue weighted by Crippen LogP contribution is 2.38. The molecule has 3 heteroatoms. The van der Waals surface area contributed by atoms with E-state index in [9.17, 15) is 9.18 Å². The van der Waals surface area contributed by atoms with Gasteiger partial charge in [0, 0.05) is 19.0 Å². The van der Waals surface area contributed by atoms with Crippen LogP contribution in [0.4, 0.5) is 4.39 Å². The minimum Gasteiger partial charge on any atom is -0.340 e. The number of halogens is 1. The molecule has 2 fully saturated rings. The number of carbonyl (C=O) groups excluding carboxylic acids is 1. The summed E-state index contributed by atoms with van der Waals surface area (Å²) in [6, 6.07) is 0. The van der Waals surface area contributed by atoms with E-state index >= 15 is 0 Å². The zero-order valence-corrected chi connectivity index (χ0v) is 9.04. The van der Waals surface area contributed by atoms with Gasteiger partial charge in [0.2, 0.25) is 5.91 Å². The number of hydrogen-bond acceptors (Lipinski definition) is 1. The van der Waals surface area contributed by atoms with Gasteiger partial charge in [-0.1, -0.05) is 12.2 Å². The maximum absolute atomic E-state index is 12.2. The van der Waals surface area contributed by atoms with E-state index in [4.69, 9.17) is 0 Å². The van der Waals surface area contributed by atoms with Crippen LogP contribution in [-0.2, 0) is 4.79 Å². The molecule has 1 aliphatic carbocycles. The zero-order chi connectivity index (χ0) is 10.8. The number of rotatable bonds is 2. The monoisotopic (exact) mass is 211 g/mol. The van der Waals surface area contributed by atoms with Crippen LogP contribution in [-0.4, -0.2) is 30.6 Å². The summed E-state index contributed by atoms with van der Waals surface area (Å²) in [4.78, 5) is 13.7. The summed E-state index contributed by atoms with van der Waals surface area (Å²) in [5, 5.41) is 0. The molecule has 1 saturated carbocycles. The first-order valence-electron chi connectivity index (χ1n) is 5.73. The zero-order valence-electron chi connectivity index (χ0n) is 9.04. The van der Waals surface area contributed by atoms with Crippen LogP contribution in [0, 0.1) is 11.8 Å².